The second kappa shape index (κ2) is 8.16. The fourth-order valence-electron chi connectivity index (χ4n) is 3.17. The number of amides is 1. The van der Waals surface area contributed by atoms with Gasteiger partial charge in [-0.2, -0.15) is 0 Å². The number of hydrogen-bond donors (Lipinski definition) is 1. The predicted octanol–water partition coefficient (Wildman–Crippen LogP) is 3.57. The Balaban J connectivity index is 2.20. The molecule has 2 atom stereocenters. The molecule has 1 aliphatic heterocycles. The SMILES string of the molecule is COc1ccc([C@@H]2C[C@H](CO)N(C(=O)OC(C)(C)C)C2)cc1OC(C)C. The molecule has 1 N–H and O–H groups in total. The molecule has 1 fully saturated rings. The molecule has 6 nitrogen and oxygen atoms in total. The summed E-state index contributed by atoms with van der Waals surface area (Å²) >= 11 is 0. The van der Waals surface area contributed by atoms with Crippen LogP contribution in [-0.4, -0.2) is 54.1 Å². The third kappa shape index (κ3) is 5.04. The third-order valence-electron chi connectivity index (χ3n) is 4.27. The van der Waals surface area contributed by atoms with Crippen LogP contribution in [0, 0.1) is 0 Å². The van der Waals surface area contributed by atoms with Crippen LogP contribution in [0.5, 0.6) is 11.5 Å². The van der Waals surface area contributed by atoms with Gasteiger partial charge in [-0.05, 0) is 58.7 Å². The van der Waals surface area contributed by atoms with Crippen molar-refractivity contribution >= 4 is 6.09 Å². The topological polar surface area (TPSA) is 68.2 Å². The molecule has 1 aromatic carbocycles. The maximum Gasteiger partial charge on any atom is 0.410 e. The minimum absolute atomic E-state index is 0.0335. The fourth-order valence-corrected chi connectivity index (χ4v) is 3.17. The van der Waals surface area contributed by atoms with E-state index in [2.05, 4.69) is 0 Å². The van der Waals surface area contributed by atoms with Gasteiger partial charge in [0.1, 0.15) is 5.60 Å². The molecule has 1 aromatic rings. The molecular weight excluding hydrogens is 334 g/mol. The Morgan fingerprint density at radius 3 is 2.54 bits per heavy atom. The summed E-state index contributed by atoms with van der Waals surface area (Å²) in [6, 6.07) is 5.60. The van der Waals surface area contributed by atoms with E-state index in [0.717, 1.165) is 5.56 Å². The number of aliphatic hydroxyl groups excluding tert-OH is 1. The Bertz CT molecular complexity index is 623. The van der Waals surface area contributed by atoms with Gasteiger partial charge in [-0.15, -0.1) is 0 Å². The molecule has 26 heavy (non-hydrogen) atoms. The van der Waals surface area contributed by atoms with Gasteiger partial charge in [-0.3, -0.25) is 0 Å². The van der Waals surface area contributed by atoms with Crippen LogP contribution in [0.15, 0.2) is 18.2 Å². The Hall–Kier alpha value is -1.95. The van der Waals surface area contributed by atoms with Gasteiger partial charge in [0.2, 0.25) is 0 Å². The highest BCUT2D eigenvalue weighted by Gasteiger charge is 2.38. The molecule has 0 bridgehead atoms. The van der Waals surface area contributed by atoms with E-state index in [1.807, 2.05) is 52.8 Å². The smallest absolute Gasteiger partial charge is 0.410 e. The monoisotopic (exact) mass is 365 g/mol. The van der Waals surface area contributed by atoms with E-state index in [1.165, 1.54) is 0 Å². The van der Waals surface area contributed by atoms with Crippen molar-refractivity contribution in [1.29, 1.82) is 0 Å². The highest BCUT2D eigenvalue weighted by Crippen LogP contribution is 2.37. The number of carbonyl (C=O) groups is 1. The van der Waals surface area contributed by atoms with Crippen molar-refractivity contribution in [3.05, 3.63) is 23.8 Å². The van der Waals surface area contributed by atoms with Crippen molar-refractivity contribution in [3.8, 4) is 11.5 Å². The van der Waals surface area contributed by atoms with Crippen LogP contribution >= 0.6 is 0 Å². The second-order valence-electron chi connectivity index (χ2n) is 7.98. The normalized spacial score (nSPS) is 20.4. The number of aliphatic hydroxyl groups is 1. The summed E-state index contributed by atoms with van der Waals surface area (Å²) in [5.41, 5.74) is 0.499. The van der Waals surface area contributed by atoms with Gasteiger partial charge in [0.05, 0.1) is 25.9 Å². The molecule has 6 heteroatoms. The van der Waals surface area contributed by atoms with Crippen LogP contribution in [0.2, 0.25) is 0 Å². The quantitative estimate of drug-likeness (QED) is 0.864. The number of ether oxygens (including phenoxy) is 3. The molecule has 0 unspecified atom stereocenters. The number of benzene rings is 1. The highest BCUT2D eigenvalue weighted by molar-refractivity contribution is 5.69. The zero-order valence-electron chi connectivity index (χ0n) is 16.6. The van der Waals surface area contributed by atoms with Gasteiger partial charge in [-0.1, -0.05) is 6.07 Å². The molecule has 0 aliphatic carbocycles. The zero-order valence-corrected chi connectivity index (χ0v) is 16.6. The molecule has 2 rings (SSSR count). The lowest BCUT2D eigenvalue weighted by Gasteiger charge is -2.27. The summed E-state index contributed by atoms with van der Waals surface area (Å²) in [7, 11) is 1.61. The minimum Gasteiger partial charge on any atom is -0.493 e. The number of nitrogens with zero attached hydrogens (tertiary/aromatic N) is 1. The van der Waals surface area contributed by atoms with E-state index < -0.39 is 5.60 Å². The van der Waals surface area contributed by atoms with E-state index in [-0.39, 0.29) is 30.8 Å². The van der Waals surface area contributed by atoms with Crippen molar-refractivity contribution < 1.29 is 24.1 Å². The van der Waals surface area contributed by atoms with Gasteiger partial charge in [-0.25, -0.2) is 4.79 Å². The first-order chi connectivity index (χ1) is 12.1. The van der Waals surface area contributed by atoms with E-state index in [1.54, 1.807) is 12.0 Å². The molecule has 1 heterocycles. The first kappa shape index (κ1) is 20.4. The first-order valence-electron chi connectivity index (χ1n) is 9.09. The Morgan fingerprint density at radius 1 is 1.31 bits per heavy atom. The number of rotatable bonds is 5. The van der Waals surface area contributed by atoms with E-state index in [4.69, 9.17) is 14.2 Å². The third-order valence-corrected chi connectivity index (χ3v) is 4.27. The molecule has 0 aromatic heterocycles. The minimum atomic E-state index is -0.562. The zero-order chi connectivity index (χ0) is 19.5. The summed E-state index contributed by atoms with van der Waals surface area (Å²) in [6.45, 7) is 9.87. The van der Waals surface area contributed by atoms with Crippen molar-refractivity contribution in [3.63, 3.8) is 0 Å². The summed E-state index contributed by atoms with van der Waals surface area (Å²) in [6.07, 6.45) is 0.334. The number of carbonyl (C=O) groups excluding carboxylic acids is 1. The highest BCUT2D eigenvalue weighted by atomic mass is 16.6. The standard InChI is InChI=1S/C20H31NO5/c1-13(2)25-18-10-14(7-8-17(18)24-6)15-9-16(12-22)21(11-15)19(23)26-20(3,4)5/h7-8,10,13,15-16,22H,9,11-12H2,1-6H3/t15-,16-/m1/s1. The molecular formula is C20H31NO5. The van der Waals surface area contributed by atoms with Gasteiger partial charge in [0.25, 0.3) is 0 Å². The van der Waals surface area contributed by atoms with Gasteiger partial charge < -0.3 is 24.2 Å². The first-order valence-corrected chi connectivity index (χ1v) is 9.09. The van der Waals surface area contributed by atoms with Crippen LogP contribution in [0.25, 0.3) is 0 Å². The number of hydrogen-bond acceptors (Lipinski definition) is 5. The summed E-state index contributed by atoms with van der Waals surface area (Å²) in [4.78, 5) is 14.1. The van der Waals surface area contributed by atoms with Crippen molar-refractivity contribution in [2.24, 2.45) is 0 Å². The largest absolute Gasteiger partial charge is 0.493 e. The van der Waals surface area contributed by atoms with Gasteiger partial charge >= 0.3 is 6.09 Å². The molecule has 0 saturated carbocycles. The predicted molar refractivity (Wildman–Crippen MR) is 99.9 cm³/mol. The van der Waals surface area contributed by atoms with Crippen LogP contribution < -0.4 is 9.47 Å². The Morgan fingerprint density at radius 2 is 2.00 bits per heavy atom. The van der Waals surface area contributed by atoms with Crippen molar-refractivity contribution in [2.45, 2.75) is 64.7 Å². The van der Waals surface area contributed by atoms with Crippen LogP contribution in [0.1, 0.15) is 52.5 Å². The lowest BCUT2D eigenvalue weighted by atomic mass is 9.96. The molecule has 1 aliphatic rings. The average molecular weight is 365 g/mol. The molecule has 1 saturated heterocycles. The summed E-state index contributed by atoms with van der Waals surface area (Å²) in [5, 5.41) is 9.71. The lowest BCUT2D eigenvalue weighted by molar-refractivity contribution is 0.0174. The van der Waals surface area contributed by atoms with Crippen molar-refractivity contribution in [2.75, 3.05) is 20.3 Å². The van der Waals surface area contributed by atoms with Gasteiger partial charge in [0, 0.05) is 12.5 Å². The van der Waals surface area contributed by atoms with E-state index in [9.17, 15) is 9.90 Å². The number of methoxy groups -OCH3 is 1. The van der Waals surface area contributed by atoms with Crippen LogP contribution in [0.4, 0.5) is 4.79 Å². The molecule has 146 valence electrons. The lowest BCUT2D eigenvalue weighted by Crippen LogP contribution is -2.41. The van der Waals surface area contributed by atoms with Gasteiger partial charge in [0.15, 0.2) is 11.5 Å². The van der Waals surface area contributed by atoms with E-state index in [0.29, 0.717) is 24.5 Å². The van der Waals surface area contributed by atoms with Crippen molar-refractivity contribution in [1.82, 2.24) is 4.90 Å². The number of likely N-dealkylation sites (tertiary alicyclic amines) is 1. The van der Waals surface area contributed by atoms with Crippen LogP contribution in [0.3, 0.4) is 0 Å². The molecule has 0 radical (unpaired) electrons. The van der Waals surface area contributed by atoms with Crippen LogP contribution in [-0.2, 0) is 4.74 Å². The van der Waals surface area contributed by atoms with E-state index >= 15 is 0 Å². The summed E-state index contributed by atoms with van der Waals surface area (Å²) in [5.74, 6) is 1.49. The Kier molecular flexibility index (Phi) is 6.39. The maximum atomic E-state index is 12.5. The Labute approximate surface area is 156 Å². The maximum absolute atomic E-state index is 12.5. The molecule has 0 spiro atoms. The second-order valence-corrected chi connectivity index (χ2v) is 7.98. The average Bonchev–Trinajstić information content (AvgIpc) is 2.97. The summed E-state index contributed by atoms with van der Waals surface area (Å²) < 4.78 is 16.7. The fraction of sp³-hybridized carbons (Fsp3) is 0.650. The molecule has 1 amide bonds.